The Bertz CT molecular complexity index is 878. The summed E-state index contributed by atoms with van der Waals surface area (Å²) in [6.07, 6.45) is 1.12. The van der Waals surface area contributed by atoms with Crippen LogP contribution in [0.2, 0.25) is 0 Å². The fourth-order valence-electron chi connectivity index (χ4n) is 3.68. The van der Waals surface area contributed by atoms with Crippen molar-refractivity contribution in [2.24, 2.45) is 5.10 Å². The standard InChI is InChI=1S/C24H32N4O3/c1-4-21(19-10-11-22(30-2)23(18-19)31-3)25-26-24(29)12-13-27-14-16-28(17-15-27)20-8-6-5-7-9-20/h5-11,18H,4,12-17H2,1-3H3,(H,26,29)/b25-21+. The molecule has 1 fully saturated rings. The summed E-state index contributed by atoms with van der Waals surface area (Å²) in [4.78, 5) is 17.1. The van der Waals surface area contributed by atoms with Gasteiger partial charge in [0.2, 0.25) is 5.91 Å². The number of carbonyl (C=O) groups excluding carboxylic acids is 1. The monoisotopic (exact) mass is 424 g/mol. The quantitative estimate of drug-likeness (QED) is 0.495. The number of methoxy groups -OCH3 is 2. The van der Waals surface area contributed by atoms with E-state index in [1.165, 1.54) is 5.69 Å². The minimum absolute atomic E-state index is 0.0723. The lowest BCUT2D eigenvalue weighted by molar-refractivity contribution is -0.121. The first kappa shape index (κ1) is 22.6. The molecule has 0 spiro atoms. The van der Waals surface area contributed by atoms with Crippen molar-refractivity contribution in [1.29, 1.82) is 0 Å². The van der Waals surface area contributed by atoms with Crippen molar-refractivity contribution < 1.29 is 14.3 Å². The second-order valence-corrected chi connectivity index (χ2v) is 7.43. The molecule has 0 saturated carbocycles. The van der Waals surface area contributed by atoms with Crippen molar-refractivity contribution in [1.82, 2.24) is 10.3 Å². The fraction of sp³-hybridized carbons (Fsp3) is 0.417. The minimum atomic E-state index is -0.0723. The number of hydrogen-bond donors (Lipinski definition) is 1. The molecule has 3 rings (SSSR count). The first-order chi connectivity index (χ1) is 15.1. The normalized spacial score (nSPS) is 14.9. The molecule has 0 aromatic heterocycles. The van der Waals surface area contributed by atoms with Gasteiger partial charge in [-0.25, -0.2) is 5.43 Å². The Kier molecular flexibility index (Phi) is 8.29. The van der Waals surface area contributed by atoms with Crippen molar-refractivity contribution in [3.8, 4) is 11.5 Å². The van der Waals surface area contributed by atoms with Gasteiger partial charge in [0.15, 0.2) is 11.5 Å². The lowest BCUT2D eigenvalue weighted by atomic mass is 10.1. The van der Waals surface area contributed by atoms with Gasteiger partial charge in [0, 0.05) is 50.4 Å². The fourth-order valence-corrected chi connectivity index (χ4v) is 3.68. The molecule has 1 N–H and O–H groups in total. The van der Waals surface area contributed by atoms with Crippen LogP contribution in [-0.4, -0.2) is 63.5 Å². The summed E-state index contributed by atoms with van der Waals surface area (Å²) in [5, 5.41) is 4.35. The second kappa shape index (κ2) is 11.4. The largest absolute Gasteiger partial charge is 0.493 e. The molecule has 0 bridgehead atoms. The van der Waals surface area contributed by atoms with E-state index in [1.807, 2.05) is 31.2 Å². The number of para-hydroxylation sites is 1. The number of piperazine rings is 1. The number of carbonyl (C=O) groups is 1. The zero-order valence-corrected chi connectivity index (χ0v) is 18.6. The Morgan fingerprint density at radius 1 is 1.00 bits per heavy atom. The van der Waals surface area contributed by atoms with Gasteiger partial charge in [0.25, 0.3) is 0 Å². The number of benzene rings is 2. The van der Waals surface area contributed by atoms with E-state index in [0.717, 1.165) is 44.0 Å². The van der Waals surface area contributed by atoms with E-state index in [4.69, 9.17) is 9.47 Å². The summed E-state index contributed by atoms with van der Waals surface area (Å²) in [5.41, 5.74) is 5.67. The number of hydrogen-bond acceptors (Lipinski definition) is 6. The molecule has 2 aromatic rings. The Hall–Kier alpha value is -3.06. The van der Waals surface area contributed by atoms with Crippen LogP contribution in [0.25, 0.3) is 0 Å². The highest BCUT2D eigenvalue weighted by molar-refractivity contribution is 6.01. The molecule has 7 heteroatoms. The maximum Gasteiger partial charge on any atom is 0.241 e. The highest BCUT2D eigenvalue weighted by atomic mass is 16.5. The molecule has 1 aliphatic rings. The molecule has 0 aliphatic carbocycles. The van der Waals surface area contributed by atoms with Crippen LogP contribution in [0.4, 0.5) is 5.69 Å². The van der Waals surface area contributed by atoms with Gasteiger partial charge >= 0.3 is 0 Å². The Balaban J connectivity index is 1.47. The Labute approximate surface area is 184 Å². The van der Waals surface area contributed by atoms with E-state index in [0.29, 0.717) is 24.3 Å². The molecule has 0 radical (unpaired) electrons. The van der Waals surface area contributed by atoms with Gasteiger partial charge in [-0.15, -0.1) is 0 Å². The first-order valence-electron chi connectivity index (χ1n) is 10.7. The van der Waals surface area contributed by atoms with Crippen LogP contribution in [0.3, 0.4) is 0 Å². The zero-order valence-electron chi connectivity index (χ0n) is 18.6. The number of nitrogens with one attached hydrogen (secondary N) is 1. The zero-order chi connectivity index (χ0) is 22.1. The highest BCUT2D eigenvalue weighted by Crippen LogP contribution is 2.28. The maximum atomic E-state index is 12.3. The molecule has 1 saturated heterocycles. The molecule has 0 atom stereocenters. The average molecular weight is 425 g/mol. The minimum Gasteiger partial charge on any atom is -0.493 e. The predicted octanol–water partition coefficient (Wildman–Crippen LogP) is 3.15. The third-order valence-electron chi connectivity index (χ3n) is 5.52. The first-order valence-corrected chi connectivity index (χ1v) is 10.7. The third-order valence-corrected chi connectivity index (χ3v) is 5.52. The molecule has 7 nitrogen and oxygen atoms in total. The van der Waals surface area contributed by atoms with E-state index in [-0.39, 0.29) is 5.91 Å². The SMILES string of the molecule is CC/C(=N\NC(=O)CCN1CCN(c2ccccc2)CC1)c1ccc(OC)c(OC)c1. The van der Waals surface area contributed by atoms with E-state index < -0.39 is 0 Å². The van der Waals surface area contributed by atoms with Crippen LogP contribution in [0.1, 0.15) is 25.3 Å². The van der Waals surface area contributed by atoms with Crippen molar-refractivity contribution in [3.63, 3.8) is 0 Å². The topological polar surface area (TPSA) is 66.4 Å². The van der Waals surface area contributed by atoms with Crippen molar-refractivity contribution >= 4 is 17.3 Å². The number of anilines is 1. The predicted molar refractivity (Wildman–Crippen MR) is 124 cm³/mol. The third kappa shape index (κ3) is 6.21. The molecule has 31 heavy (non-hydrogen) atoms. The summed E-state index contributed by atoms with van der Waals surface area (Å²) in [5.74, 6) is 1.23. The highest BCUT2D eigenvalue weighted by Gasteiger charge is 2.17. The molecule has 2 aromatic carbocycles. The van der Waals surface area contributed by atoms with Crippen molar-refractivity contribution in [2.45, 2.75) is 19.8 Å². The molecule has 166 valence electrons. The molecule has 1 aliphatic heterocycles. The van der Waals surface area contributed by atoms with Gasteiger partial charge in [-0.3, -0.25) is 9.69 Å². The van der Waals surface area contributed by atoms with Gasteiger partial charge < -0.3 is 14.4 Å². The lowest BCUT2D eigenvalue weighted by Gasteiger charge is -2.36. The van der Waals surface area contributed by atoms with E-state index in [9.17, 15) is 4.79 Å². The van der Waals surface area contributed by atoms with Crippen molar-refractivity contribution in [3.05, 3.63) is 54.1 Å². The maximum absolute atomic E-state index is 12.3. The van der Waals surface area contributed by atoms with Crippen LogP contribution in [0.15, 0.2) is 53.6 Å². The van der Waals surface area contributed by atoms with Crippen LogP contribution < -0.4 is 19.8 Å². The average Bonchev–Trinajstić information content (AvgIpc) is 2.83. The summed E-state index contributed by atoms with van der Waals surface area (Å²) in [6.45, 7) is 6.61. The van der Waals surface area contributed by atoms with Gasteiger partial charge in [-0.2, -0.15) is 5.10 Å². The number of nitrogens with zero attached hydrogens (tertiary/aromatic N) is 3. The van der Waals surface area contributed by atoms with Gasteiger partial charge in [-0.1, -0.05) is 25.1 Å². The van der Waals surface area contributed by atoms with Crippen LogP contribution in [0, 0.1) is 0 Å². The molecular formula is C24H32N4O3. The summed E-state index contributed by atoms with van der Waals surface area (Å²) < 4.78 is 10.6. The molecular weight excluding hydrogens is 392 g/mol. The van der Waals surface area contributed by atoms with Gasteiger partial charge in [-0.05, 0) is 36.8 Å². The van der Waals surface area contributed by atoms with E-state index in [1.54, 1.807) is 14.2 Å². The Morgan fingerprint density at radius 3 is 2.35 bits per heavy atom. The molecule has 0 unspecified atom stereocenters. The van der Waals surface area contributed by atoms with E-state index >= 15 is 0 Å². The van der Waals surface area contributed by atoms with Crippen LogP contribution in [0.5, 0.6) is 11.5 Å². The second-order valence-electron chi connectivity index (χ2n) is 7.43. The number of hydrazone groups is 1. The van der Waals surface area contributed by atoms with Gasteiger partial charge in [0.05, 0.1) is 19.9 Å². The lowest BCUT2D eigenvalue weighted by Crippen LogP contribution is -2.47. The summed E-state index contributed by atoms with van der Waals surface area (Å²) in [6, 6.07) is 16.1. The summed E-state index contributed by atoms with van der Waals surface area (Å²) in [7, 11) is 3.21. The number of ether oxygens (including phenoxy) is 2. The summed E-state index contributed by atoms with van der Waals surface area (Å²) >= 11 is 0. The van der Waals surface area contributed by atoms with Crippen LogP contribution >= 0.6 is 0 Å². The van der Waals surface area contributed by atoms with Crippen LogP contribution in [-0.2, 0) is 4.79 Å². The number of amides is 1. The van der Waals surface area contributed by atoms with E-state index in [2.05, 4.69) is 44.6 Å². The smallest absolute Gasteiger partial charge is 0.241 e. The molecule has 1 heterocycles. The van der Waals surface area contributed by atoms with Gasteiger partial charge in [0.1, 0.15) is 0 Å². The molecule has 1 amide bonds. The van der Waals surface area contributed by atoms with Crippen molar-refractivity contribution in [2.75, 3.05) is 51.8 Å². The Morgan fingerprint density at radius 2 is 1.71 bits per heavy atom. The number of rotatable bonds is 9.